The molecule has 0 aromatic rings. The molecule has 0 bridgehead atoms. The average Bonchev–Trinajstić information content (AvgIpc) is 3.19. The van der Waals surface area contributed by atoms with Gasteiger partial charge in [-0.2, -0.15) is 0 Å². The fourth-order valence-corrected chi connectivity index (χ4v) is 7.48. The van der Waals surface area contributed by atoms with Gasteiger partial charge in [-0.25, -0.2) is 0 Å². The van der Waals surface area contributed by atoms with E-state index in [2.05, 4.69) is 13.8 Å². The molecule has 1 heterocycles. The van der Waals surface area contributed by atoms with E-state index in [1.807, 2.05) is 0 Å². The van der Waals surface area contributed by atoms with E-state index in [-0.39, 0.29) is 32.0 Å². The van der Waals surface area contributed by atoms with Crippen LogP contribution in [0.15, 0.2) is 0 Å². The topological polar surface area (TPSA) is 152 Å². The van der Waals surface area contributed by atoms with Crippen LogP contribution in [0, 0.1) is 0 Å². The third-order valence-corrected chi connectivity index (χ3v) is 11.2. The molecule has 0 saturated carbocycles. The van der Waals surface area contributed by atoms with E-state index >= 15 is 0 Å². The summed E-state index contributed by atoms with van der Waals surface area (Å²) in [6.45, 7) is 3.46. The first-order chi connectivity index (χ1) is 27.3. The van der Waals surface area contributed by atoms with E-state index in [1.165, 1.54) is 154 Å². The molecule has 1 rings (SSSR count). The number of aliphatic hydroxyl groups is 4. The number of carbonyl (C=O) groups is 2. The van der Waals surface area contributed by atoms with Crippen LogP contribution in [0.25, 0.3) is 0 Å². The molecule has 10 nitrogen and oxygen atoms in total. The third kappa shape index (κ3) is 29.0. The van der Waals surface area contributed by atoms with Crippen molar-refractivity contribution in [2.75, 3.05) is 19.8 Å². The molecule has 0 spiro atoms. The largest absolute Gasteiger partial charge is 0.462 e. The summed E-state index contributed by atoms with van der Waals surface area (Å²) >= 11 is 0. The van der Waals surface area contributed by atoms with E-state index in [1.54, 1.807) is 0 Å². The van der Waals surface area contributed by atoms with Crippen molar-refractivity contribution in [2.24, 2.45) is 0 Å². The molecule has 1 aliphatic heterocycles. The minimum Gasteiger partial charge on any atom is -0.462 e. The normalized spacial score (nSPS) is 20.3. The summed E-state index contributed by atoms with van der Waals surface area (Å²) in [5.41, 5.74) is 0. The van der Waals surface area contributed by atoms with Crippen LogP contribution in [0.5, 0.6) is 0 Å². The minimum absolute atomic E-state index is 0.209. The molecule has 1 saturated heterocycles. The van der Waals surface area contributed by atoms with Gasteiger partial charge in [-0.1, -0.05) is 200 Å². The fourth-order valence-electron chi connectivity index (χ4n) is 7.48. The van der Waals surface area contributed by atoms with Crippen molar-refractivity contribution < 1.29 is 49.0 Å². The Bertz CT molecular complexity index is 886. The van der Waals surface area contributed by atoms with Gasteiger partial charge >= 0.3 is 11.9 Å². The highest BCUT2D eigenvalue weighted by Crippen LogP contribution is 2.23. The Kier molecular flexibility index (Phi) is 35.7. The van der Waals surface area contributed by atoms with Crippen molar-refractivity contribution in [1.82, 2.24) is 0 Å². The Morgan fingerprint density at radius 3 is 1.21 bits per heavy atom. The van der Waals surface area contributed by atoms with E-state index in [0.717, 1.165) is 38.5 Å². The van der Waals surface area contributed by atoms with Crippen molar-refractivity contribution in [2.45, 2.75) is 263 Å². The number of rotatable bonds is 40. The molecule has 0 aromatic carbocycles. The average molecular weight is 801 g/mol. The lowest BCUT2D eigenvalue weighted by Crippen LogP contribution is -2.59. The summed E-state index contributed by atoms with van der Waals surface area (Å²) in [6.07, 6.45) is 31.0. The summed E-state index contributed by atoms with van der Waals surface area (Å²) in [5, 5.41) is 40.1. The van der Waals surface area contributed by atoms with Crippen molar-refractivity contribution in [3.05, 3.63) is 0 Å². The number of esters is 2. The van der Waals surface area contributed by atoms with Crippen LogP contribution in [0.4, 0.5) is 0 Å². The lowest BCUT2D eigenvalue weighted by atomic mass is 9.99. The smallest absolute Gasteiger partial charge is 0.306 e. The van der Waals surface area contributed by atoms with Crippen molar-refractivity contribution in [1.29, 1.82) is 0 Å². The number of aliphatic hydroxyl groups excluding tert-OH is 4. The number of hydrogen-bond acceptors (Lipinski definition) is 10. The molecule has 0 aliphatic carbocycles. The van der Waals surface area contributed by atoms with E-state index < -0.39 is 49.4 Å². The highest BCUT2D eigenvalue weighted by atomic mass is 16.7. The molecule has 0 aromatic heterocycles. The van der Waals surface area contributed by atoms with Crippen LogP contribution < -0.4 is 0 Å². The summed E-state index contributed by atoms with van der Waals surface area (Å²) in [5.74, 6) is -0.789. The first-order valence-electron chi connectivity index (χ1n) is 23.6. The summed E-state index contributed by atoms with van der Waals surface area (Å²) < 4.78 is 22.2. The summed E-state index contributed by atoms with van der Waals surface area (Å²) in [6, 6.07) is 0. The van der Waals surface area contributed by atoms with Crippen LogP contribution in [0.1, 0.15) is 226 Å². The fraction of sp³-hybridized carbons (Fsp3) is 0.957. The van der Waals surface area contributed by atoms with Gasteiger partial charge in [-0.3, -0.25) is 9.59 Å². The van der Waals surface area contributed by atoms with Gasteiger partial charge < -0.3 is 39.4 Å². The van der Waals surface area contributed by atoms with Gasteiger partial charge in [-0.05, 0) is 12.8 Å². The van der Waals surface area contributed by atoms with Gasteiger partial charge in [0.15, 0.2) is 12.4 Å². The Balaban J connectivity index is 2.29. The maximum absolute atomic E-state index is 12.8. The number of ether oxygens (including phenoxy) is 4. The summed E-state index contributed by atoms with van der Waals surface area (Å²) in [4.78, 5) is 25.3. The first-order valence-corrected chi connectivity index (χ1v) is 23.6. The third-order valence-electron chi connectivity index (χ3n) is 11.2. The Hall–Kier alpha value is -1.30. The summed E-state index contributed by atoms with van der Waals surface area (Å²) in [7, 11) is 0. The molecule has 0 radical (unpaired) electrons. The predicted octanol–water partition coefficient (Wildman–Crippen LogP) is 10.2. The van der Waals surface area contributed by atoms with Gasteiger partial charge in [0.1, 0.15) is 31.0 Å². The Labute approximate surface area is 342 Å². The first kappa shape index (κ1) is 52.7. The molecule has 56 heavy (non-hydrogen) atoms. The van der Waals surface area contributed by atoms with Crippen LogP contribution in [-0.2, 0) is 28.5 Å². The lowest BCUT2D eigenvalue weighted by molar-refractivity contribution is -0.305. The minimum atomic E-state index is -1.59. The lowest BCUT2D eigenvalue weighted by Gasteiger charge is -2.39. The van der Waals surface area contributed by atoms with Crippen LogP contribution in [-0.4, -0.2) is 89.0 Å². The number of carbonyl (C=O) groups excluding carboxylic acids is 2. The maximum Gasteiger partial charge on any atom is 0.306 e. The van der Waals surface area contributed by atoms with Crippen LogP contribution >= 0.6 is 0 Å². The second kappa shape index (κ2) is 37.9. The molecule has 1 aliphatic rings. The maximum atomic E-state index is 12.8. The number of hydrogen-bond donors (Lipinski definition) is 4. The zero-order valence-electron chi connectivity index (χ0n) is 36.2. The van der Waals surface area contributed by atoms with Gasteiger partial charge in [0.05, 0.1) is 13.2 Å². The molecular weight excluding hydrogens is 712 g/mol. The van der Waals surface area contributed by atoms with Crippen molar-refractivity contribution in [3.63, 3.8) is 0 Å². The van der Waals surface area contributed by atoms with Gasteiger partial charge in [0.2, 0.25) is 0 Å². The molecule has 4 N–H and O–H groups in total. The van der Waals surface area contributed by atoms with Gasteiger partial charge in [0, 0.05) is 12.8 Å². The quantitative estimate of drug-likeness (QED) is 0.0348. The highest BCUT2D eigenvalue weighted by Gasteiger charge is 2.44. The SMILES string of the molecule is CCCCCCCCCCCCCCCCCCCC(=O)OC(COC(=O)CCCCCCCCCCCCCCCC)COC1OC(CO)C(O)C(O)C1O. The molecule has 0 amide bonds. The van der Waals surface area contributed by atoms with Crippen LogP contribution in [0.3, 0.4) is 0 Å². The standard InChI is InChI=1S/C46H88O10/c1-3-5-7-9-11-13-15-17-19-20-21-23-25-27-29-31-33-35-42(49)55-39(38-54-46-45(52)44(51)43(50)40(36-47)56-46)37-53-41(48)34-32-30-28-26-24-22-18-16-14-12-10-8-6-4-2/h39-40,43-47,50-52H,3-38H2,1-2H3. The second-order valence-electron chi connectivity index (χ2n) is 16.6. The molecule has 6 unspecified atom stereocenters. The molecule has 1 fully saturated rings. The molecule has 6 atom stereocenters. The van der Waals surface area contributed by atoms with Crippen molar-refractivity contribution >= 4 is 11.9 Å². The predicted molar refractivity (Wildman–Crippen MR) is 224 cm³/mol. The Morgan fingerprint density at radius 1 is 0.482 bits per heavy atom. The monoisotopic (exact) mass is 801 g/mol. The second-order valence-corrected chi connectivity index (χ2v) is 16.6. The number of unbranched alkanes of at least 4 members (excludes halogenated alkanes) is 29. The highest BCUT2D eigenvalue weighted by molar-refractivity contribution is 5.70. The van der Waals surface area contributed by atoms with Gasteiger partial charge in [-0.15, -0.1) is 0 Å². The Morgan fingerprint density at radius 2 is 0.839 bits per heavy atom. The molecule has 332 valence electrons. The van der Waals surface area contributed by atoms with E-state index in [0.29, 0.717) is 6.42 Å². The zero-order chi connectivity index (χ0) is 40.9. The van der Waals surface area contributed by atoms with Gasteiger partial charge in [0.25, 0.3) is 0 Å². The van der Waals surface area contributed by atoms with Crippen molar-refractivity contribution in [3.8, 4) is 0 Å². The van der Waals surface area contributed by atoms with Crippen LogP contribution in [0.2, 0.25) is 0 Å². The van der Waals surface area contributed by atoms with E-state index in [9.17, 15) is 30.0 Å². The molecule has 10 heteroatoms. The zero-order valence-corrected chi connectivity index (χ0v) is 36.2. The van der Waals surface area contributed by atoms with E-state index in [4.69, 9.17) is 18.9 Å². The molecular formula is C46H88O10.